The molecule has 1 saturated carbocycles. The number of hydrogen-bond donors (Lipinski definition) is 0. The summed E-state index contributed by atoms with van der Waals surface area (Å²) in [6, 6.07) is 2.63. The van der Waals surface area contributed by atoms with Gasteiger partial charge >= 0.3 is 6.18 Å². The lowest BCUT2D eigenvalue weighted by molar-refractivity contribution is -0.137. The van der Waals surface area contributed by atoms with Crippen LogP contribution in [0, 0.1) is 0 Å². The molecule has 2 rings (SSSR count). The van der Waals surface area contributed by atoms with Crippen molar-refractivity contribution in [3.8, 4) is 0 Å². The highest BCUT2D eigenvalue weighted by molar-refractivity contribution is 6.42. The fourth-order valence-corrected chi connectivity index (χ4v) is 1.91. The minimum absolute atomic E-state index is 0.0200. The first-order valence-corrected chi connectivity index (χ1v) is 5.21. The molecule has 1 aromatic carbocycles. The molecular weight excluding hydrogens is 248 g/mol. The fourth-order valence-electron chi connectivity index (χ4n) is 1.47. The lowest BCUT2D eigenvalue weighted by Crippen LogP contribution is -2.06. The Bertz CT molecular complexity index is 394. The molecule has 0 saturated heterocycles. The number of hydrogen-bond acceptors (Lipinski definition) is 0. The van der Waals surface area contributed by atoms with Crippen molar-refractivity contribution in [2.75, 3.05) is 0 Å². The minimum Gasteiger partial charge on any atom is -0.166 e. The topological polar surface area (TPSA) is 0 Å². The van der Waals surface area contributed by atoms with E-state index < -0.39 is 16.8 Å². The number of benzene rings is 1. The molecule has 1 fully saturated rings. The molecule has 5 heteroatoms. The maximum absolute atomic E-state index is 12.5. The maximum Gasteiger partial charge on any atom is 0.417 e. The third kappa shape index (κ3) is 2.23. The fraction of sp³-hybridized carbons (Fsp3) is 0.400. The van der Waals surface area contributed by atoms with Crippen molar-refractivity contribution >= 4 is 23.2 Å². The predicted molar refractivity (Wildman–Crippen MR) is 53.4 cm³/mol. The van der Waals surface area contributed by atoms with Crippen LogP contribution in [0.2, 0.25) is 10.0 Å². The summed E-state index contributed by atoms with van der Waals surface area (Å²) in [5.41, 5.74) is -0.199. The van der Waals surface area contributed by atoms with Crippen LogP contribution in [0.15, 0.2) is 12.1 Å². The maximum atomic E-state index is 12.5. The zero-order valence-electron chi connectivity index (χ0n) is 7.54. The Hall–Kier alpha value is -0.410. The molecular formula is C10H7Cl2F3. The summed E-state index contributed by atoms with van der Waals surface area (Å²) in [6.07, 6.45) is -2.59. The van der Waals surface area contributed by atoms with Crippen LogP contribution in [0.5, 0.6) is 0 Å². The van der Waals surface area contributed by atoms with Crippen molar-refractivity contribution in [3.05, 3.63) is 33.3 Å². The van der Waals surface area contributed by atoms with Gasteiger partial charge < -0.3 is 0 Å². The van der Waals surface area contributed by atoms with E-state index in [4.69, 9.17) is 23.2 Å². The first-order chi connectivity index (χ1) is 6.89. The molecule has 0 bridgehead atoms. The van der Waals surface area contributed by atoms with Gasteiger partial charge in [0.25, 0.3) is 0 Å². The van der Waals surface area contributed by atoms with E-state index in [-0.39, 0.29) is 10.9 Å². The van der Waals surface area contributed by atoms with Crippen molar-refractivity contribution in [1.82, 2.24) is 0 Å². The zero-order chi connectivity index (χ0) is 11.2. The highest BCUT2D eigenvalue weighted by Gasteiger charge is 2.36. The van der Waals surface area contributed by atoms with E-state index in [1.165, 1.54) is 6.07 Å². The van der Waals surface area contributed by atoms with E-state index in [0.717, 1.165) is 18.9 Å². The number of halogens is 5. The molecule has 1 aromatic rings. The van der Waals surface area contributed by atoms with Crippen molar-refractivity contribution in [2.24, 2.45) is 0 Å². The molecule has 82 valence electrons. The largest absolute Gasteiger partial charge is 0.417 e. The minimum atomic E-state index is -4.44. The van der Waals surface area contributed by atoms with Crippen LogP contribution in [0.1, 0.15) is 29.9 Å². The summed E-state index contributed by atoms with van der Waals surface area (Å²) < 4.78 is 37.6. The van der Waals surface area contributed by atoms with E-state index in [1.807, 2.05) is 0 Å². The molecule has 1 aliphatic rings. The van der Waals surface area contributed by atoms with Gasteiger partial charge in [0.2, 0.25) is 0 Å². The van der Waals surface area contributed by atoms with Gasteiger partial charge in [-0.1, -0.05) is 23.2 Å². The Morgan fingerprint density at radius 2 is 1.73 bits per heavy atom. The van der Waals surface area contributed by atoms with Gasteiger partial charge in [-0.25, -0.2) is 0 Å². The van der Waals surface area contributed by atoms with Crippen LogP contribution in [0.3, 0.4) is 0 Å². The molecule has 0 amide bonds. The average molecular weight is 255 g/mol. The van der Waals surface area contributed by atoms with E-state index in [1.54, 1.807) is 0 Å². The molecule has 0 spiro atoms. The second kappa shape index (κ2) is 3.56. The molecule has 0 unspecified atom stereocenters. The van der Waals surface area contributed by atoms with Crippen LogP contribution < -0.4 is 0 Å². The molecule has 0 radical (unpaired) electrons. The Kier molecular flexibility index (Phi) is 2.63. The second-order valence-electron chi connectivity index (χ2n) is 3.64. The van der Waals surface area contributed by atoms with Crippen LogP contribution in [-0.4, -0.2) is 0 Å². The van der Waals surface area contributed by atoms with Gasteiger partial charge in [-0.05, 0) is 36.5 Å². The molecule has 0 aliphatic heterocycles. The van der Waals surface area contributed by atoms with Gasteiger partial charge in [0, 0.05) is 0 Å². The van der Waals surface area contributed by atoms with E-state index >= 15 is 0 Å². The Labute approximate surface area is 95.0 Å². The van der Waals surface area contributed by atoms with Crippen molar-refractivity contribution in [2.45, 2.75) is 24.9 Å². The van der Waals surface area contributed by atoms with Gasteiger partial charge in [-0.3, -0.25) is 0 Å². The molecule has 0 aromatic heterocycles. The van der Waals surface area contributed by atoms with Crippen LogP contribution in [0.25, 0.3) is 0 Å². The Balaban J connectivity index is 2.52. The van der Waals surface area contributed by atoms with Crippen LogP contribution in [0.4, 0.5) is 13.2 Å². The van der Waals surface area contributed by atoms with Gasteiger partial charge in [0.05, 0.1) is 15.6 Å². The predicted octanol–water partition coefficient (Wildman–Crippen LogP) is 4.89. The second-order valence-corrected chi connectivity index (χ2v) is 4.42. The van der Waals surface area contributed by atoms with Gasteiger partial charge in [-0.15, -0.1) is 0 Å². The molecule has 0 heterocycles. The highest BCUT2D eigenvalue weighted by atomic mass is 35.5. The van der Waals surface area contributed by atoms with Crippen LogP contribution >= 0.6 is 23.2 Å². The first kappa shape index (κ1) is 11.1. The standard InChI is InChI=1S/C10H7Cl2F3/c11-8-4-6(5-1-2-5)3-7(9(8)12)10(13,14)15/h3-5H,1-2H2. The third-order valence-corrected chi connectivity index (χ3v) is 3.21. The Morgan fingerprint density at radius 1 is 1.13 bits per heavy atom. The molecule has 15 heavy (non-hydrogen) atoms. The Morgan fingerprint density at radius 3 is 2.20 bits per heavy atom. The van der Waals surface area contributed by atoms with E-state index in [2.05, 4.69) is 0 Å². The smallest absolute Gasteiger partial charge is 0.166 e. The summed E-state index contributed by atoms with van der Waals surface area (Å²) in [6.45, 7) is 0. The van der Waals surface area contributed by atoms with Crippen molar-refractivity contribution in [3.63, 3.8) is 0 Å². The lowest BCUT2D eigenvalue weighted by atomic mass is 10.1. The molecule has 0 N–H and O–H groups in total. The summed E-state index contributed by atoms with van der Waals surface area (Å²) >= 11 is 11.2. The zero-order valence-corrected chi connectivity index (χ0v) is 9.05. The molecule has 0 atom stereocenters. The summed E-state index contributed by atoms with van der Waals surface area (Å²) in [5.74, 6) is 0.223. The van der Waals surface area contributed by atoms with Crippen molar-refractivity contribution < 1.29 is 13.2 Å². The first-order valence-electron chi connectivity index (χ1n) is 4.45. The van der Waals surface area contributed by atoms with Gasteiger partial charge in [0.1, 0.15) is 0 Å². The van der Waals surface area contributed by atoms with Crippen LogP contribution in [-0.2, 0) is 6.18 Å². The highest BCUT2D eigenvalue weighted by Crippen LogP contribution is 2.45. The van der Waals surface area contributed by atoms with Crippen molar-refractivity contribution in [1.29, 1.82) is 0 Å². The summed E-state index contributed by atoms with van der Waals surface area (Å²) in [7, 11) is 0. The molecule has 1 aliphatic carbocycles. The third-order valence-electron chi connectivity index (χ3n) is 2.40. The monoisotopic (exact) mass is 254 g/mol. The average Bonchev–Trinajstić information content (AvgIpc) is 2.90. The lowest BCUT2D eigenvalue weighted by Gasteiger charge is -2.12. The number of alkyl halides is 3. The van der Waals surface area contributed by atoms with Gasteiger partial charge in [-0.2, -0.15) is 13.2 Å². The molecule has 0 nitrogen and oxygen atoms in total. The summed E-state index contributed by atoms with van der Waals surface area (Å²) in [5, 5.41) is -0.429. The quantitative estimate of drug-likeness (QED) is 0.670. The summed E-state index contributed by atoms with van der Waals surface area (Å²) in [4.78, 5) is 0. The normalized spacial score (nSPS) is 16.9. The SMILES string of the molecule is FC(F)(F)c1cc(C2CC2)cc(Cl)c1Cl. The number of rotatable bonds is 1. The van der Waals surface area contributed by atoms with E-state index in [9.17, 15) is 13.2 Å². The van der Waals surface area contributed by atoms with E-state index in [0.29, 0.717) is 5.56 Å². The van der Waals surface area contributed by atoms with Gasteiger partial charge in [0.15, 0.2) is 0 Å².